The smallest absolute Gasteiger partial charge is 0.169 e. The van der Waals surface area contributed by atoms with Gasteiger partial charge in [-0.2, -0.15) is 10.4 Å². The summed E-state index contributed by atoms with van der Waals surface area (Å²) in [6.45, 7) is 3.64. The van der Waals surface area contributed by atoms with Crippen molar-refractivity contribution >= 4 is 34.1 Å². The first-order chi connectivity index (χ1) is 13.5. The maximum atomic E-state index is 14.4. The second-order valence-corrected chi connectivity index (χ2v) is 6.51. The summed E-state index contributed by atoms with van der Waals surface area (Å²) in [5, 5.41) is 17.5. The molecule has 9 heteroatoms. The number of para-hydroxylation sites is 1. The predicted octanol–water partition coefficient (Wildman–Crippen LogP) is 4.24. The Morgan fingerprint density at radius 2 is 2.07 bits per heavy atom. The minimum absolute atomic E-state index is 0.101. The van der Waals surface area contributed by atoms with E-state index in [4.69, 9.17) is 11.6 Å². The number of hydrogen-bond donors (Lipinski definition) is 1. The number of nitriles is 1. The summed E-state index contributed by atoms with van der Waals surface area (Å²) < 4.78 is 15.7. The highest BCUT2D eigenvalue weighted by atomic mass is 35.5. The largest absolute Gasteiger partial charge is 0.324 e. The summed E-state index contributed by atoms with van der Waals surface area (Å²) in [7, 11) is 0. The molecule has 0 aliphatic heterocycles. The SMILES string of the molecule is Cc1cc(Nc2ncc(F)c3nn(-c4c(Cl)cccc4C#N)cc23)nc(C)n1. The highest BCUT2D eigenvalue weighted by Crippen LogP contribution is 2.29. The molecule has 0 radical (unpaired) electrons. The molecule has 4 aromatic rings. The number of nitrogens with zero attached hydrogens (tertiary/aromatic N) is 6. The molecule has 138 valence electrons. The Morgan fingerprint density at radius 3 is 2.82 bits per heavy atom. The zero-order valence-corrected chi connectivity index (χ0v) is 15.7. The number of rotatable bonds is 3. The molecule has 0 spiro atoms. The Morgan fingerprint density at radius 1 is 1.25 bits per heavy atom. The maximum absolute atomic E-state index is 14.4. The van der Waals surface area contributed by atoms with Crippen LogP contribution >= 0.6 is 11.6 Å². The van der Waals surface area contributed by atoms with Crippen LogP contribution in [0.4, 0.5) is 16.0 Å². The van der Waals surface area contributed by atoms with Crippen molar-refractivity contribution < 1.29 is 4.39 Å². The molecule has 1 N–H and O–H groups in total. The van der Waals surface area contributed by atoms with Gasteiger partial charge >= 0.3 is 0 Å². The number of hydrogen-bond acceptors (Lipinski definition) is 6. The third kappa shape index (κ3) is 3.12. The van der Waals surface area contributed by atoms with E-state index in [1.54, 1.807) is 37.4 Å². The van der Waals surface area contributed by atoms with Crippen LogP contribution in [0.2, 0.25) is 5.02 Å². The van der Waals surface area contributed by atoms with Crippen LogP contribution in [-0.2, 0) is 0 Å². The first kappa shape index (κ1) is 17.8. The van der Waals surface area contributed by atoms with Crippen molar-refractivity contribution in [3.05, 3.63) is 64.6 Å². The van der Waals surface area contributed by atoms with Gasteiger partial charge in [0, 0.05) is 18.0 Å². The van der Waals surface area contributed by atoms with E-state index in [1.165, 1.54) is 4.68 Å². The minimum atomic E-state index is -0.583. The highest BCUT2D eigenvalue weighted by Gasteiger charge is 2.17. The minimum Gasteiger partial charge on any atom is -0.324 e. The van der Waals surface area contributed by atoms with E-state index in [9.17, 15) is 9.65 Å². The molecule has 0 saturated carbocycles. The van der Waals surface area contributed by atoms with Crippen molar-refractivity contribution in [1.82, 2.24) is 24.7 Å². The molecule has 0 amide bonds. The van der Waals surface area contributed by atoms with E-state index < -0.39 is 5.82 Å². The predicted molar refractivity (Wildman–Crippen MR) is 103 cm³/mol. The molecule has 0 atom stereocenters. The Kier molecular flexibility index (Phi) is 4.37. The van der Waals surface area contributed by atoms with E-state index in [2.05, 4.69) is 31.4 Å². The van der Waals surface area contributed by atoms with E-state index >= 15 is 0 Å². The zero-order valence-electron chi connectivity index (χ0n) is 14.9. The van der Waals surface area contributed by atoms with Gasteiger partial charge in [-0.3, -0.25) is 0 Å². The lowest BCUT2D eigenvalue weighted by atomic mass is 10.2. The highest BCUT2D eigenvalue weighted by molar-refractivity contribution is 6.32. The third-order valence-corrected chi connectivity index (χ3v) is 4.36. The molecule has 4 rings (SSSR count). The number of fused-ring (bicyclic) bond motifs is 1. The molecule has 0 unspecified atom stereocenters. The van der Waals surface area contributed by atoms with Crippen molar-refractivity contribution in [3.63, 3.8) is 0 Å². The molecule has 0 saturated heterocycles. The van der Waals surface area contributed by atoms with Crippen molar-refractivity contribution in [3.8, 4) is 11.8 Å². The summed E-state index contributed by atoms with van der Waals surface area (Å²) in [6, 6.07) is 8.76. The molecule has 0 fully saturated rings. The molecule has 3 aromatic heterocycles. The molecule has 3 heterocycles. The number of anilines is 2. The van der Waals surface area contributed by atoms with Crippen LogP contribution in [0.3, 0.4) is 0 Å². The second-order valence-electron chi connectivity index (χ2n) is 6.11. The third-order valence-electron chi connectivity index (χ3n) is 4.05. The fourth-order valence-electron chi connectivity index (χ4n) is 2.93. The Labute approximate surface area is 164 Å². The molecule has 0 aliphatic carbocycles. The normalized spacial score (nSPS) is 10.8. The summed E-state index contributed by atoms with van der Waals surface area (Å²) in [5.41, 5.74) is 1.59. The molecule has 7 nitrogen and oxygen atoms in total. The van der Waals surface area contributed by atoms with E-state index in [1.807, 2.05) is 6.92 Å². The van der Waals surface area contributed by atoms with Gasteiger partial charge in [-0.25, -0.2) is 24.0 Å². The van der Waals surface area contributed by atoms with Gasteiger partial charge in [0.1, 0.15) is 34.7 Å². The van der Waals surface area contributed by atoms with Gasteiger partial charge in [0.2, 0.25) is 0 Å². The number of benzene rings is 1. The topological polar surface area (TPSA) is 92.3 Å². The lowest BCUT2D eigenvalue weighted by Crippen LogP contribution is -2.00. The summed E-state index contributed by atoms with van der Waals surface area (Å²) >= 11 is 6.26. The molecule has 0 aliphatic rings. The Balaban J connectivity index is 1.88. The quantitative estimate of drug-likeness (QED) is 0.559. The van der Waals surface area contributed by atoms with Gasteiger partial charge in [0.15, 0.2) is 5.82 Å². The van der Waals surface area contributed by atoms with Gasteiger partial charge < -0.3 is 5.32 Å². The molecule has 1 aromatic carbocycles. The number of pyridine rings is 1. The second kappa shape index (κ2) is 6.87. The summed E-state index contributed by atoms with van der Waals surface area (Å²) in [6.07, 6.45) is 2.66. The van der Waals surface area contributed by atoms with E-state index in [0.717, 1.165) is 11.9 Å². The summed E-state index contributed by atoms with van der Waals surface area (Å²) in [5.74, 6) is 0.936. The van der Waals surface area contributed by atoms with Crippen LogP contribution in [0.25, 0.3) is 16.6 Å². The van der Waals surface area contributed by atoms with Gasteiger partial charge in [0.25, 0.3) is 0 Å². The lowest BCUT2D eigenvalue weighted by Gasteiger charge is -2.07. The molecular weight excluding hydrogens is 381 g/mol. The van der Waals surface area contributed by atoms with Crippen molar-refractivity contribution in [2.45, 2.75) is 13.8 Å². The molecule has 0 bridgehead atoms. The number of nitrogens with one attached hydrogen (secondary N) is 1. The van der Waals surface area contributed by atoms with Crippen molar-refractivity contribution in [2.24, 2.45) is 0 Å². The first-order valence-corrected chi connectivity index (χ1v) is 8.66. The first-order valence-electron chi connectivity index (χ1n) is 8.28. The Bertz CT molecular complexity index is 1240. The Hall–Kier alpha value is -3.57. The number of halogens is 2. The lowest BCUT2D eigenvalue weighted by molar-refractivity contribution is 0.629. The van der Waals surface area contributed by atoms with Crippen LogP contribution < -0.4 is 5.32 Å². The van der Waals surface area contributed by atoms with Crippen LogP contribution in [0, 0.1) is 31.0 Å². The zero-order chi connectivity index (χ0) is 19.8. The van der Waals surface area contributed by atoms with Crippen LogP contribution in [0.1, 0.15) is 17.1 Å². The number of aromatic nitrogens is 5. The van der Waals surface area contributed by atoms with Crippen molar-refractivity contribution in [1.29, 1.82) is 5.26 Å². The number of aryl methyl sites for hydroxylation is 2. The van der Waals surface area contributed by atoms with E-state index in [0.29, 0.717) is 39.1 Å². The monoisotopic (exact) mass is 393 g/mol. The average Bonchev–Trinajstić information content (AvgIpc) is 3.09. The molecule has 28 heavy (non-hydrogen) atoms. The fourth-order valence-corrected chi connectivity index (χ4v) is 3.19. The summed E-state index contributed by atoms with van der Waals surface area (Å²) in [4.78, 5) is 12.7. The molecular formula is C19H13ClFN7. The van der Waals surface area contributed by atoms with E-state index in [-0.39, 0.29) is 5.52 Å². The van der Waals surface area contributed by atoms with Crippen LogP contribution in [-0.4, -0.2) is 24.7 Å². The van der Waals surface area contributed by atoms with Gasteiger partial charge in [-0.05, 0) is 26.0 Å². The maximum Gasteiger partial charge on any atom is 0.169 e. The van der Waals surface area contributed by atoms with Gasteiger partial charge in [0.05, 0.1) is 22.2 Å². The van der Waals surface area contributed by atoms with Crippen molar-refractivity contribution in [2.75, 3.05) is 5.32 Å². The standard InChI is InChI=1S/C19H13ClFN7/c1-10-6-16(25-11(2)24-10)26-19-13-9-28(27-17(13)15(21)8-23-19)18-12(7-22)4-3-5-14(18)20/h3-6,8-9H,1-2H3,(H,23,24,25,26). The van der Waals surface area contributed by atoms with Gasteiger partial charge in [-0.15, -0.1) is 0 Å². The average molecular weight is 394 g/mol. The van der Waals surface area contributed by atoms with Gasteiger partial charge in [-0.1, -0.05) is 17.7 Å². The fraction of sp³-hybridized carbons (Fsp3) is 0.105. The van der Waals surface area contributed by atoms with Crippen LogP contribution in [0.15, 0.2) is 36.7 Å². The van der Waals surface area contributed by atoms with Crippen LogP contribution in [0.5, 0.6) is 0 Å².